The summed E-state index contributed by atoms with van der Waals surface area (Å²) < 4.78 is 0. The lowest BCUT2D eigenvalue weighted by atomic mass is 10.1. The average Bonchev–Trinajstić information content (AvgIpc) is 2.68. The number of aromatic amines is 1. The van der Waals surface area contributed by atoms with E-state index in [-0.39, 0.29) is 17.2 Å². The third-order valence-corrected chi connectivity index (χ3v) is 4.85. The highest BCUT2D eigenvalue weighted by Gasteiger charge is 2.13. The van der Waals surface area contributed by atoms with E-state index in [0.717, 1.165) is 5.56 Å². The van der Waals surface area contributed by atoms with Crippen LogP contribution in [0.5, 0.6) is 0 Å². The summed E-state index contributed by atoms with van der Waals surface area (Å²) in [5, 5.41) is 19.1. The van der Waals surface area contributed by atoms with Crippen LogP contribution in [0.25, 0.3) is 10.8 Å². The number of fused-ring (bicyclic) bond motifs is 1. The zero-order chi connectivity index (χ0) is 18.4. The third kappa shape index (κ3) is 3.92. The summed E-state index contributed by atoms with van der Waals surface area (Å²) in [4.78, 5) is 24.1. The lowest BCUT2D eigenvalue weighted by Gasteiger charge is -2.07. The Morgan fingerprint density at radius 3 is 2.69 bits per heavy atom. The number of carbonyl (C=O) groups excluding carboxylic acids is 1. The first kappa shape index (κ1) is 17.7. The number of nitrogens with one attached hydrogen (secondary N) is 2. The van der Waals surface area contributed by atoms with Gasteiger partial charge in [-0.2, -0.15) is 22.1 Å². The Balaban J connectivity index is 1.56. The minimum absolute atomic E-state index is 0.208. The van der Waals surface area contributed by atoms with Gasteiger partial charge in [0.2, 0.25) is 0 Å². The number of amides is 1. The molecule has 0 bridgehead atoms. The fourth-order valence-corrected chi connectivity index (χ4v) is 3.41. The smallest absolute Gasteiger partial charge is 0.272 e. The molecule has 130 valence electrons. The monoisotopic (exact) mass is 364 g/mol. The highest BCUT2D eigenvalue weighted by atomic mass is 32.2. The molecule has 0 aliphatic heterocycles. The molecule has 0 radical (unpaired) electrons. The molecule has 0 spiro atoms. The van der Waals surface area contributed by atoms with Crippen LogP contribution in [-0.2, 0) is 5.75 Å². The Morgan fingerprint density at radius 1 is 1.15 bits per heavy atom. The fourth-order valence-electron chi connectivity index (χ4n) is 2.55. The number of rotatable bonds is 6. The molecule has 0 saturated heterocycles. The minimum atomic E-state index is -0.324. The summed E-state index contributed by atoms with van der Waals surface area (Å²) in [5.41, 5.74) is 1.55. The zero-order valence-corrected chi connectivity index (χ0v) is 14.7. The topological polar surface area (TPSA) is 98.6 Å². The van der Waals surface area contributed by atoms with E-state index in [0.29, 0.717) is 34.4 Å². The van der Waals surface area contributed by atoms with E-state index in [1.54, 1.807) is 42.1 Å². The van der Waals surface area contributed by atoms with E-state index in [1.807, 2.05) is 18.2 Å². The molecule has 0 saturated carbocycles. The third-order valence-electron chi connectivity index (χ3n) is 3.84. The van der Waals surface area contributed by atoms with Crippen molar-refractivity contribution >= 4 is 28.4 Å². The van der Waals surface area contributed by atoms with Crippen molar-refractivity contribution in [1.82, 2.24) is 15.5 Å². The number of nitriles is 1. The Morgan fingerprint density at radius 2 is 1.88 bits per heavy atom. The highest BCUT2D eigenvalue weighted by Crippen LogP contribution is 2.16. The molecule has 7 heteroatoms. The fraction of sp³-hybridized carbons (Fsp3) is 0.158. The Bertz CT molecular complexity index is 1040. The van der Waals surface area contributed by atoms with Crippen molar-refractivity contribution in [3.8, 4) is 6.07 Å². The molecule has 2 aromatic carbocycles. The second-order valence-electron chi connectivity index (χ2n) is 5.52. The van der Waals surface area contributed by atoms with Gasteiger partial charge in [-0.15, -0.1) is 0 Å². The Labute approximate surface area is 154 Å². The summed E-state index contributed by atoms with van der Waals surface area (Å²) in [5.74, 6) is 1.09. The SMILES string of the molecule is N#Cc1ccccc1CSCCNC(=O)c1n[nH]c(=O)c2ccccc12. The summed E-state index contributed by atoms with van der Waals surface area (Å²) in [6.45, 7) is 0.466. The number of thioether (sulfide) groups is 1. The second kappa shape index (κ2) is 8.32. The van der Waals surface area contributed by atoms with Crippen LogP contribution in [0.2, 0.25) is 0 Å². The van der Waals surface area contributed by atoms with Gasteiger partial charge in [0.05, 0.1) is 17.0 Å². The Kier molecular flexibility index (Phi) is 5.66. The number of nitrogens with zero attached hydrogens (tertiary/aromatic N) is 2. The highest BCUT2D eigenvalue weighted by molar-refractivity contribution is 7.98. The molecule has 3 rings (SSSR count). The van der Waals surface area contributed by atoms with Crippen LogP contribution >= 0.6 is 11.8 Å². The zero-order valence-electron chi connectivity index (χ0n) is 13.9. The Hall–Kier alpha value is -3.11. The van der Waals surface area contributed by atoms with Gasteiger partial charge in [-0.1, -0.05) is 36.4 Å². The largest absolute Gasteiger partial charge is 0.350 e. The maximum Gasteiger partial charge on any atom is 0.272 e. The maximum atomic E-state index is 12.4. The van der Waals surface area contributed by atoms with Gasteiger partial charge in [0, 0.05) is 23.4 Å². The molecule has 26 heavy (non-hydrogen) atoms. The van der Waals surface area contributed by atoms with E-state index in [1.165, 1.54) is 0 Å². The van der Waals surface area contributed by atoms with Crippen LogP contribution in [0, 0.1) is 11.3 Å². The molecule has 0 fully saturated rings. The van der Waals surface area contributed by atoms with E-state index in [9.17, 15) is 9.59 Å². The molecule has 1 aromatic heterocycles. The van der Waals surface area contributed by atoms with Crippen LogP contribution in [-0.4, -0.2) is 28.4 Å². The molecule has 0 atom stereocenters. The average molecular weight is 364 g/mol. The van der Waals surface area contributed by atoms with Crippen molar-refractivity contribution in [3.05, 3.63) is 75.7 Å². The molecule has 0 aliphatic carbocycles. The van der Waals surface area contributed by atoms with Crippen LogP contribution in [0.15, 0.2) is 53.3 Å². The van der Waals surface area contributed by atoms with Crippen molar-refractivity contribution in [2.45, 2.75) is 5.75 Å². The lowest BCUT2D eigenvalue weighted by molar-refractivity contribution is 0.0952. The first-order valence-corrected chi connectivity index (χ1v) is 9.17. The summed E-state index contributed by atoms with van der Waals surface area (Å²) in [6.07, 6.45) is 0. The van der Waals surface area contributed by atoms with Gasteiger partial charge >= 0.3 is 0 Å². The molecule has 1 amide bonds. The lowest BCUT2D eigenvalue weighted by Crippen LogP contribution is -2.28. The molecule has 0 aliphatic rings. The van der Waals surface area contributed by atoms with Crippen molar-refractivity contribution in [2.75, 3.05) is 12.3 Å². The van der Waals surface area contributed by atoms with Gasteiger partial charge in [-0.25, -0.2) is 5.10 Å². The molecule has 3 aromatic rings. The van der Waals surface area contributed by atoms with Crippen LogP contribution < -0.4 is 10.9 Å². The van der Waals surface area contributed by atoms with Gasteiger partial charge in [0.15, 0.2) is 5.69 Å². The van der Waals surface area contributed by atoms with E-state index in [4.69, 9.17) is 5.26 Å². The van der Waals surface area contributed by atoms with Gasteiger partial charge in [-0.05, 0) is 17.7 Å². The number of hydrogen-bond donors (Lipinski definition) is 2. The van der Waals surface area contributed by atoms with Gasteiger partial charge in [-0.3, -0.25) is 9.59 Å². The van der Waals surface area contributed by atoms with Gasteiger partial charge in [0.25, 0.3) is 11.5 Å². The molecule has 0 unspecified atom stereocenters. The normalized spacial score (nSPS) is 10.4. The van der Waals surface area contributed by atoms with Gasteiger partial charge in [0.1, 0.15) is 0 Å². The van der Waals surface area contributed by atoms with Crippen molar-refractivity contribution in [3.63, 3.8) is 0 Å². The maximum absolute atomic E-state index is 12.4. The second-order valence-corrected chi connectivity index (χ2v) is 6.63. The number of benzene rings is 2. The predicted molar refractivity (Wildman–Crippen MR) is 102 cm³/mol. The summed E-state index contributed by atoms with van der Waals surface area (Å²) >= 11 is 1.64. The standard InChI is InChI=1S/C19H16N4O2S/c20-11-13-5-1-2-6-14(13)12-26-10-9-21-19(25)17-15-7-3-4-8-16(15)18(24)23-22-17/h1-8H,9-10,12H2,(H,21,25)(H,23,24). The summed E-state index contributed by atoms with van der Waals surface area (Å²) in [7, 11) is 0. The predicted octanol–water partition coefficient (Wildman–Crippen LogP) is 2.46. The van der Waals surface area contributed by atoms with Crippen LogP contribution in [0.1, 0.15) is 21.6 Å². The molecule has 1 heterocycles. The van der Waals surface area contributed by atoms with E-state index >= 15 is 0 Å². The molecular weight excluding hydrogens is 348 g/mol. The molecule has 6 nitrogen and oxygen atoms in total. The van der Waals surface area contributed by atoms with E-state index in [2.05, 4.69) is 21.6 Å². The first-order chi connectivity index (χ1) is 12.7. The minimum Gasteiger partial charge on any atom is -0.350 e. The van der Waals surface area contributed by atoms with E-state index < -0.39 is 0 Å². The summed E-state index contributed by atoms with van der Waals surface area (Å²) in [6, 6.07) is 16.5. The first-order valence-electron chi connectivity index (χ1n) is 8.02. The number of aromatic nitrogens is 2. The number of carbonyl (C=O) groups is 1. The van der Waals surface area contributed by atoms with Gasteiger partial charge < -0.3 is 5.32 Å². The van der Waals surface area contributed by atoms with Crippen LogP contribution in [0.4, 0.5) is 0 Å². The van der Waals surface area contributed by atoms with Crippen LogP contribution in [0.3, 0.4) is 0 Å². The number of hydrogen-bond acceptors (Lipinski definition) is 5. The van der Waals surface area contributed by atoms with Crippen molar-refractivity contribution in [1.29, 1.82) is 5.26 Å². The number of H-pyrrole nitrogens is 1. The molecular formula is C19H16N4O2S. The van der Waals surface area contributed by atoms with Crippen molar-refractivity contribution in [2.24, 2.45) is 0 Å². The quantitative estimate of drug-likeness (QED) is 0.655. The molecule has 2 N–H and O–H groups in total. The van der Waals surface area contributed by atoms with Crippen molar-refractivity contribution < 1.29 is 4.79 Å².